The zero-order chi connectivity index (χ0) is 18.4. The van der Waals surface area contributed by atoms with Crippen LogP contribution < -0.4 is 4.83 Å². The number of para-hydroxylation sites is 1. The molecule has 0 fully saturated rings. The van der Waals surface area contributed by atoms with E-state index in [2.05, 4.69) is 23.8 Å². The fraction of sp³-hybridized carbons (Fsp3) is 0.235. The average molecular weight is 361 g/mol. The van der Waals surface area contributed by atoms with Gasteiger partial charge in [0.05, 0.1) is 21.6 Å². The van der Waals surface area contributed by atoms with Crippen LogP contribution in [-0.2, 0) is 10.0 Å². The Balaban J connectivity index is 2.15. The molecule has 1 unspecified atom stereocenters. The minimum Gasteiger partial charge on any atom is -0.258 e. The van der Waals surface area contributed by atoms with Crippen LogP contribution in [0, 0.1) is 10.1 Å². The van der Waals surface area contributed by atoms with Crippen molar-refractivity contribution in [3.8, 4) is 0 Å². The second kappa shape index (κ2) is 7.89. The van der Waals surface area contributed by atoms with Crippen molar-refractivity contribution >= 4 is 21.9 Å². The van der Waals surface area contributed by atoms with Crippen LogP contribution >= 0.6 is 0 Å². The third kappa shape index (κ3) is 4.63. The van der Waals surface area contributed by atoms with Gasteiger partial charge in [-0.15, -0.1) is 0 Å². The van der Waals surface area contributed by atoms with Gasteiger partial charge in [0.15, 0.2) is 0 Å². The summed E-state index contributed by atoms with van der Waals surface area (Å²) in [4.78, 5) is 12.5. The number of nitro benzene ring substituents is 1. The molecular weight excluding hydrogens is 342 g/mol. The molecule has 1 N–H and O–H groups in total. The minimum absolute atomic E-state index is 0.0827. The lowest BCUT2D eigenvalue weighted by Gasteiger charge is -2.09. The highest BCUT2D eigenvalue weighted by molar-refractivity contribution is 7.89. The van der Waals surface area contributed by atoms with Crippen molar-refractivity contribution in [2.45, 2.75) is 31.1 Å². The largest absolute Gasteiger partial charge is 0.278 e. The first-order valence-electron chi connectivity index (χ1n) is 7.73. The Bertz CT molecular complexity index is 877. The summed E-state index contributed by atoms with van der Waals surface area (Å²) in [5.74, 6) is 0.348. The van der Waals surface area contributed by atoms with Crippen LogP contribution in [0.15, 0.2) is 58.5 Å². The number of sulfonamides is 1. The van der Waals surface area contributed by atoms with E-state index in [4.69, 9.17) is 0 Å². The van der Waals surface area contributed by atoms with E-state index in [0.717, 1.165) is 18.2 Å². The molecule has 0 heterocycles. The fourth-order valence-corrected chi connectivity index (χ4v) is 2.98. The zero-order valence-corrected chi connectivity index (χ0v) is 14.7. The van der Waals surface area contributed by atoms with Gasteiger partial charge in [-0.25, -0.2) is 4.83 Å². The van der Waals surface area contributed by atoms with Gasteiger partial charge in [0.2, 0.25) is 0 Å². The number of hydrogen-bond acceptors (Lipinski definition) is 5. The highest BCUT2D eigenvalue weighted by Crippen LogP contribution is 2.20. The minimum atomic E-state index is -3.83. The number of benzene rings is 2. The Morgan fingerprint density at radius 2 is 1.84 bits per heavy atom. The van der Waals surface area contributed by atoms with Crippen molar-refractivity contribution in [3.05, 3.63) is 69.8 Å². The van der Waals surface area contributed by atoms with Gasteiger partial charge >= 0.3 is 0 Å². The van der Waals surface area contributed by atoms with Crippen LogP contribution in [0.1, 0.15) is 37.3 Å². The van der Waals surface area contributed by atoms with E-state index in [9.17, 15) is 18.5 Å². The Morgan fingerprint density at radius 1 is 1.20 bits per heavy atom. The number of nitrogens with zero attached hydrogens (tertiary/aromatic N) is 2. The molecule has 8 heteroatoms. The van der Waals surface area contributed by atoms with E-state index in [1.807, 2.05) is 0 Å². The van der Waals surface area contributed by atoms with Gasteiger partial charge < -0.3 is 0 Å². The monoisotopic (exact) mass is 361 g/mol. The first-order valence-corrected chi connectivity index (χ1v) is 9.21. The molecule has 0 aliphatic rings. The molecule has 132 valence electrons. The van der Waals surface area contributed by atoms with E-state index in [1.165, 1.54) is 30.3 Å². The standard InChI is InChI=1S/C17H19N3O4S/c1-3-13(2)14-8-10-16(11-9-14)25(23,24)19-18-12-15-6-4-5-7-17(15)20(21)22/h4-13,19H,3H2,1-2H3/b18-12+. The number of nitrogens with one attached hydrogen (secondary N) is 1. The quantitative estimate of drug-likeness (QED) is 0.464. The highest BCUT2D eigenvalue weighted by Gasteiger charge is 2.14. The highest BCUT2D eigenvalue weighted by atomic mass is 32.2. The lowest BCUT2D eigenvalue weighted by atomic mass is 9.99. The molecule has 0 saturated carbocycles. The predicted octanol–water partition coefficient (Wildman–Crippen LogP) is 3.42. The van der Waals surface area contributed by atoms with Crippen molar-refractivity contribution in [2.24, 2.45) is 5.10 Å². The van der Waals surface area contributed by atoms with Crippen LogP contribution in [0.25, 0.3) is 0 Å². The SMILES string of the molecule is CCC(C)c1ccc(S(=O)(=O)N/N=C/c2ccccc2[N+](=O)[O-])cc1. The maximum atomic E-state index is 12.2. The van der Waals surface area contributed by atoms with Gasteiger partial charge in [0.25, 0.3) is 15.7 Å². The summed E-state index contributed by atoms with van der Waals surface area (Å²) in [5, 5.41) is 14.6. The van der Waals surface area contributed by atoms with E-state index < -0.39 is 14.9 Å². The van der Waals surface area contributed by atoms with E-state index in [0.29, 0.717) is 5.92 Å². The smallest absolute Gasteiger partial charge is 0.258 e. The summed E-state index contributed by atoms with van der Waals surface area (Å²) < 4.78 is 24.5. The second-order valence-electron chi connectivity index (χ2n) is 5.55. The molecule has 7 nitrogen and oxygen atoms in total. The number of hydrazone groups is 1. The maximum Gasteiger partial charge on any atom is 0.278 e. The molecule has 2 aromatic carbocycles. The van der Waals surface area contributed by atoms with Gasteiger partial charge in [-0.2, -0.15) is 13.5 Å². The van der Waals surface area contributed by atoms with Gasteiger partial charge in [-0.3, -0.25) is 10.1 Å². The third-order valence-electron chi connectivity index (χ3n) is 3.88. The molecule has 0 spiro atoms. The molecule has 0 aliphatic heterocycles. The van der Waals surface area contributed by atoms with E-state index >= 15 is 0 Å². The van der Waals surface area contributed by atoms with Crippen molar-refractivity contribution in [1.29, 1.82) is 0 Å². The molecule has 2 aromatic rings. The molecule has 0 aliphatic carbocycles. The molecule has 1 atom stereocenters. The Hall–Kier alpha value is -2.74. The van der Waals surface area contributed by atoms with E-state index in [-0.39, 0.29) is 16.1 Å². The van der Waals surface area contributed by atoms with Crippen LogP contribution in [0.4, 0.5) is 5.69 Å². The first-order chi connectivity index (χ1) is 11.8. The normalized spacial score (nSPS) is 12.9. The van der Waals surface area contributed by atoms with Crippen LogP contribution in [0.2, 0.25) is 0 Å². The summed E-state index contributed by atoms with van der Waals surface area (Å²) in [6, 6.07) is 12.5. The molecule has 0 radical (unpaired) electrons. The predicted molar refractivity (Wildman–Crippen MR) is 96.2 cm³/mol. The Labute approximate surface area is 146 Å². The van der Waals surface area contributed by atoms with Crippen molar-refractivity contribution in [3.63, 3.8) is 0 Å². The van der Waals surface area contributed by atoms with Crippen LogP contribution in [0.3, 0.4) is 0 Å². The summed E-state index contributed by atoms with van der Waals surface area (Å²) in [6.45, 7) is 4.13. The second-order valence-corrected chi connectivity index (χ2v) is 7.21. The number of nitro groups is 1. The third-order valence-corrected chi connectivity index (χ3v) is 5.12. The Morgan fingerprint density at radius 3 is 2.44 bits per heavy atom. The molecule has 0 aromatic heterocycles. The Kier molecular flexibility index (Phi) is 5.87. The van der Waals surface area contributed by atoms with E-state index in [1.54, 1.807) is 18.2 Å². The van der Waals surface area contributed by atoms with Crippen molar-refractivity contribution in [2.75, 3.05) is 0 Å². The topological polar surface area (TPSA) is 102 Å². The van der Waals surface area contributed by atoms with Crippen LogP contribution in [0.5, 0.6) is 0 Å². The number of rotatable bonds is 7. The van der Waals surface area contributed by atoms with Crippen molar-refractivity contribution < 1.29 is 13.3 Å². The molecule has 0 bridgehead atoms. The number of hydrogen-bond donors (Lipinski definition) is 1. The molecular formula is C17H19N3O4S. The summed E-state index contributed by atoms with van der Waals surface area (Å²) in [5.41, 5.74) is 1.12. The average Bonchev–Trinajstić information content (AvgIpc) is 2.61. The first kappa shape index (κ1) is 18.6. The van der Waals surface area contributed by atoms with Gasteiger partial charge in [-0.05, 0) is 36.1 Å². The van der Waals surface area contributed by atoms with Gasteiger partial charge in [0, 0.05) is 6.07 Å². The molecule has 25 heavy (non-hydrogen) atoms. The summed E-state index contributed by atoms with van der Waals surface area (Å²) in [6.07, 6.45) is 2.08. The van der Waals surface area contributed by atoms with Gasteiger partial charge in [0.1, 0.15) is 0 Å². The summed E-state index contributed by atoms with van der Waals surface area (Å²) >= 11 is 0. The van der Waals surface area contributed by atoms with Crippen LogP contribution in [-0.4, -0.2) is 19.6 Å². The lowest BCUT2D eigenvalue weighted by molar-refractivity contribution is -0.385. The van der Waals surface area contributed by atoms with Crippen molar-refractivity contribution in [1.82, 2.24) is 4.83 Å². The fourth-order valence-electron chi connectivity index (χ4n) is 2.19. The molecule has 2 rings (SSSR count). The molecule has 0 saturated heterocycles. The molecule has 0 amide bonds. The summed E-state index contributed by atoms with van der Waals surface area (Å²) in [7, 11) is -3.83. The maximum absolute atomic E-state index is 12.2. The van der Waals surface area contributed by atoms with Gasteiger partial charge in [-0.1, -0.05) is 38.1 Å². The zero-order valence-electron chi connectivity index (χ0n) is 13.9. The lowest BCUT2D eigenvalue weighted by Crippen LogP contribution is -2.18.